The third-order valence-electron chi connectivity index (χ3n) is 3.05. The Morgan fingerprint density at radius 2 is 2.00 bits per heavy atom. The maximum Gasteiger partial charge on any atom is 0.171 e. The van der Waals surface area contributed by atoms with E-state index in [9.17, 15) is 9.90 Å². The van der Waals surface area contributed by atoms with Crippen LogP contribution >= 0.6 is 11.3 Å². The fraction of sp³-hybridized carbons (Fsp3) is 0.286. The van der Waals surface area contributed by atoms with E-state index in [4.69, 9.17) is 0 Å². The fourth-order valence-corrected chi connectivity index (χ4v) is 3.00. The summed E-state index contributed by atoms with van der Waals surface area (Å²) in [5.41, 5.74) is 1.92. The van der Waals surface area contributed by atoms with Crippen molar-refractivity contribution in [2.45, 2.75) is 25.7 Å². The molecule has 1 heterocycles. The first-order valence-electron chi connectivity index (χ1n) is 5.96. The first-order chi connectivity index (χ1) is 8.65. The van der Waals surface area contributed by atoms with Crippen LogP contribution in [0.2, 0.25) is 0 Å². The number of carbonyl (C=O) groups excluding carboxylic acids is 1. The van der Waals surface area contributed by atoms with Crippen molar-refractivity contribution in [1.29, 1.82) is 0 Å². The van der Waals surface area contributed by atoms with Crippen LogP contribution in [0.15, 0.2) is 24.3 Å². The zero-order chi connectivity index (χ0) is 12.7. The molecular formula is C14H13NO2S. The molecule has 3 rings (SSSR count). The Kier molecular flexibility index (Phi) is 2.67. The number of nitrogens with zero attached hydrogens (tertiary/aromatic N) is 1. The van der Waals surface area contributed by atoms with Crippen LogP contribution in [0.1, 0.15) is 41.0 Å². The molecule has 0 radical (unpaired) electrons. The molecule has 4 heteroatoms. The number of Topliss-reactive ketones (excluding diaryl/α,β-unsaturated/α-hetero) is 1. The number of aromatic nitrogens is 1. The highest BCUT2D eigenvalue weighted by Gasteiger charge is 2.31. The van der Waals surface area contributed by atoms with Gasteiger partial charge in [-0.2, -0.15) is 0 Å². The van der Waals surface area contributed by atoms with Crippen LogP contribution in [-0.4, -0.2) is 15.9 Å². The molecule has 1 aromatic heterocycles. The summed E-state index contributed by atoms with van der Waals surface area (Å²) in [6.07, 6.45) is 2.28. The zero-order valence-electron chi connectivity index (χ0n) is 10.0. The van der Waals surface area contributed by atoms with Crippen LogP contribution in [0.3, 0.4) is 0 Å². The minimum absolute atomic E-state index is 0.0967. The maximum atomic E-state index is 11.6. The summed E-state index contributed by atoms with van der Waals surface area (Å²) in [4.78, 5) is 17.0. The third-order valence-corrected chi connectivity index (χ3v) is 4.27. The molecule has 1 fully saturated rings. The molecule has 1 aliphatic rings. The average Bonchev–Trinajstić information content (AvgIpc) is 3.09. The summed E-state index contributed by atoms with van der Waals surface area (Å²) in [5, 5.41) is 10.1. The Labute approximate surface area is 109 Å². The molecule has 0 unspecified atom stereocenters. The SMILES string of the molecule is CC(=O)c1sc(-c2ccc(O)cc2)nc1C1CC1. The lowest BCUT2D eigenvalue weighted by molar-refractivity contribution is 0.102. The van der Waals surface area contributed by atoms with Crippen LogP contribution in [0.5, 0.6) is 5.75 Å². The second-order valence-corrected chi connectivity index (χ2v) is 5.61. The van der Waals surface area contributed by atoms with Crippen molar-refractivity contribution in [1.82, 2.24) is 4.98 Å². The summed E-state index contributed by atoms with van der Waals surface area (Å²) >= 11 is 1.45. The normalized spacial score (nSPS) is 14.7. The van der Waals surface area contributed by atoms with E-state index < -0.39 is 0 Å². The van der Waals surface area contributed by atoms with Crippen molar-refractivity contribution in [3.05, 3.63) is 34.8 Å². The molecule has 0 amide bonds. The largest absolute Gasteiger partial charge is 0.508 e. The Hall–Kier alpha value is -1.68. The van der Waals surface area contributed by atoms with E-state index in [1.54, 1.807) is 19.1 Å². The van der Waals surface area contributed by atoms with Crippen LogP contribution in [0.25, 0.3) is 10.6 Å². The Morgan fingerprint density at radius 1 is 1.33 bits per heavy atom. The van der Waals surface area contributed by atoms with Gasteiger partial charge in [-0.25, -0.2) is 4.98 Å². The van der Waals surface area contributed by atoms with Crippen molar-refractivity contribution in [2.75, 3.05) is 0 Å². The predicted molar refractivity (Wildman–Crippen MR) is 71.2 cm³/mol. The number of thiazole rings is 1. The van der Waals surface area contributed by atoms with Gasteiger partial charge in [-0.15, -0.1) is 11.3 Å². The van der Waals surface area contributed by atoms with Crippen molar-refractivity contribution in [3.8, 4) is 16.3 Å². The summed E-state index contributed by atoms with van der Waals surface area (Å²) in [6, 6.07) is 6.94. The van der Waals surface area contributed by atoms with Crippen LogP contribution in [-0.2, 0) is 0 Å². The molecule has 1 aromatic carbocycles. The Bertz CT molecular complexity index is 597. The van der Waals surface area contributed by atoms with Crippen molar-refractivity contribution in [2.24, 2.45) is 0 Å². The lowest BCUT2D eigenvalue weighted by atomic mass is 10.2. The molecule has 1 N–H and O–H groups in total. The quantitative estimate of drug-likeness (QED) is 0.857. The van der Waals surface area contributed by atoms with E-state index in [1.165, 1.54) is 11.3 Å². The van der Waals surface area contributed by atoms with Gasteiger partial charge in [0.15, 0.2) is 5.78 Å². The van der Waals surface area contributed by atoms with E-state index >= 15 is 0 Å². The summed E-state index contributed by atoms with van der Waals surface area (Å²) in [6.45, 7) is 1.60. The van der Waals surface area contributed by atoms with E-state index in [1.807, 2.05) is 12.1 Å². The van der Waals surface area contributed by atoms with Gasteiger partial charge in [-0.05, 0) is 37.1 Å². The van der Waals surface area contributed by atoms with Gasteiger partial charge in [0.1, 0.15) is 10.8 Å². The van der Waals surface area contributed by atoms with Gasteiger partial charge in [0.2, 0.25) is 0 Å². The molecule has 1 aliphatic carbocycles. The molecule has 0 saturated heterocycles. The number of rotatable bonds is 3. The van der Waals surface area contributed by atoms with Gasteiger partial charge >= 0.3 is 0 Å². The number of aromatic hydroxyl groups is 1. The van der Waals surface area contributed by atoms with Crippen molar-refractivity contribution < 1.29 is 9.90 Å². The third kappa shape index (κ3) is 2.04. The monoisotopic (exact) mass is 259 g/mol. The topological polar surface area (TPSA) is 50.2 Å². The minimum Gasteiger partial charge on any atom is -0.508 e. The van der Waals surface area contributed by atoms with Gasteiger partial charge < -0.3 is 5.11 Å². The molecule has 0 bridgehead atoms. The average molecular weight is 259 g/mol. The number of benzene rings is 1. The molecule has 18 heavy (non-hydrogen) atoms. The molecule has 92 valence electrons. The number of carbonyl (C=O) groups is 1. The van der Waals surface area contributed by atoms with Gasteiger partial charge in [-0.3, -0.25) is 4.79 Å². The first kappa shape index (κ1) is 11.4. The summed E-state index contributed by atoms with van der Waals surface area (Å²) in [7, 11) is 0. The smallest absolute Gasteiger partial charge is 0.171 e. The highest BCUT2D eigenvalue weighted by atomic mass is 32.1. The van der Waals surface area contributed by atoms with E-state index in [0.717, 1.165) is 34.0 Å². The second kappa shape index (κ2) is 4.21. The lowest BCUT2D eigenvalue weighted by Gasteiger charge is -1.95. The highest BCUT2D eigenvalue weighted by Crippen LogP contribution is 2.44. The maximum absolute atomic E-state index is 11.6. The minimum atomic E-state index is 0.0967. The number of hydrogen-bond donors (Lipinski definition) is 1. The van der Waals surface area contributed by atoms with Crippen LogP contribution < -0.4 is 0 Å². The standard InChI is InChI=1S/C14H13NO2S/c1-8(16)13-12(9-2-3-9)15-14(18-13)10-4-6-11(17)7-5-10/h4-7,9,17H,2-3H2,1H3. The number of phenolic OH excluding ortho intramolecular Hbond substituents is 1. The first-order valence-corrected chi connectivity index (χ1v) is 6.78. The molecular weight excluding hydrogens is 246 g/mol. The van der Waals surface area contributed by atoms with Gasteiger partial charge in [0, 0.05) is 18.4 Å². The highest BCUT2D eigenvalue weighted by molar-refractivity contribution is 7.17. The molecule has 3 nitrogen and oxygen atoms in total. The van der Waals surface area contributed by atoms with Crippen LogP contribution in [0.4, 0.5) is 0 Å². The number of hydrogen-bond acceptors (Lipinski definition) is 4. The number of phenols is 1. The summed E-state index contributed by atoms with van der Waals surface area (Å²) < 4.78 is 0. The van der Waals surface area contributed by atoms with E-state index in [0.29, 0.717) is 5.92 Å². The lowest BCUT2D eigenvalue weighted by Crippen LogP contribution is -1.93. The Morgan fingerprint density at radius 3 is 2.56 bits per heavy atom. The van der Waals surface area contributed by atoms with Gasteiger partial charge in [-0.1, -0.05) is 0 Å². The van der Waals surface area contributed by atoms with Crippen molar-refractivity contribution >= 4 is 17.1 Å². The summed E-state index contributed by atoms with van der Waals surface area (Å²) in [5.74, 6) is 0.815. The fourth-order valence-electron chi connectivity index (χ4n) is 1.95. The molecule has 2 aromatic rings. The number of ketones is 1. The van der Waals surface area contributed by atoms with Crippen LogP contribution in [0, 0.1) is 0 Å². The van der Waals surface area contributed by atoms with Gasteiger partial charge in [0.25, 0.3) is 0 Å². The molecule has 0 spiro atoms. The predicted octanol–water partition coefficient (Wildman–Crippen LogP) is 3.60. The Balaban J connectivity index is 2.04. The van der Waals surface area contributed by atoms with Crippen molar-refractivity contribution in [3.63, 3.8) is 0 Å². The second-order valence-electron chi connectivity index (χ2n) is 4.61. The van der Waals surface area contributed by atoms with E-state index in [-0.39, 0.29) is 11.5 Å². The van der Waals surface area contributed by atoms with E-state index in [2.05, 4.69) is 4.98 Å². The van der Waals surface area contributed by atoms with Gasteiger partial charge in [0.05, 0.1) is 10.6 Å². The molecule has 0 aliphatic heterocycles. The zero-order valence-corrected chi connectivity index (χ0v) is 10.8. The molecule has 0 atom stereocenters. The molecule has 1 saturated carbocycles.